The van der Waals surface area contributed by atoms with Crippen molar-refractivity contribution in [2.45, 2.75) is 19.4 Å². The average Bonchev–Trinajstić information content (AvgIpc) is 3.23. The maximum Gasteiger partial charge on any atom is 0.336 e. The van der Waals surface area contributed by atoms with Gasteiger partial charge in [0, 0.05) is 13.1 Å². The van der Waals surface area contributed by atoms with Crippen LogP contribution in [0.2, 0.25) is 10.0 Å². The summed E-state index contributed by atoms with van der Waals surface area (Å²) in [5, 5.41) is 0.907. The van der Waals surface area contributed by atoms with E-state index < -0.39 is 11.2 Å². The minimum atomic E-state index is -0.588. The third kappa shape index (κ3) is 3.23. The lowest BCUT2D eigenvalue weighted by Gasteiger charge is -2.18. The van der Waals surface area contributed by atoms with Crippen molar-refractivity contribution in [2.75, 3.05) is 13.1 Å². The molecule has 28 heavy (non-hydrogen) atoms. The van der Waals surface area contributed by atoms with Gasteiger partial charge < -0.3 is 4.90 Å². The van der Waals surface area contributed by atoms with Gasteiger partial charge in [0.1, 0.15) is 6.54 Å². The molecule has 1 amide bonds. The molecule has 1 saturated heterocycles. The Morgan fingerprint density at radius 2 is 1.68 bits per heavy atom. The Morgan fingerprint density at radius 3 is 2.39 bits per heavy atom. The van der Waals surface area contributed by atoms with Crippen LogP contribution >= 0.6 is 23.2 Å². The number of hydrogen-bond donors (Lipinski definition) is 0. The number of amides is 1. The van der Waals surface area contributed by atoms with Crippen LogP contribution in [0.3, 0.4) is 0 Å². The third-order valence-corrected chi connectivity index (χ3v) is 5.70. The first-order valence-corrected chi connectivity index (χ1v) is 9.71. The summed E-state index contributed by atoms with van der Waals surface area (Å²) in [7, 11) is 0. The van der Waals surface area contributed by atoms with E-state index in [2.05, 4.69) is 0 Å². The first kappa shape index (κ1) is 18.8. The molecule has 6 nitrogen and oxygen atoms in total. The molecule has 8 heteroatoms. The van der Waals surface area contributed by atoms with Crippen molar-refractivity contribution < 1.29 is 4.79 Å². The van der Waals surface area contributed by atoms with Gasteiger partial charge in [0.15, 0.2) is 0 Å². The number of nitrogens with zero attached hydrogens (tertiary/aromatic N) is 3. The molecule has 1 aromatic heterocycles. The topological polar surface area (TPSA) is 64.3 Å². The molecule has 0 saturated carbocycles. The molecule has 0 spiro atoms. The molecule has 2 heterocycles. The number of benzene rings is 2. The van der Waals surface area contributed by atoms with Gasteiger partial charge in [0.25, 0.3) is 5.56 Å². The van der Waals surface area contributed by atoms with Gasteiger partial charge in [-0.05, 0) is 43.2 Å². The molecule has 0 N–H and O–H groups in total. The Morgan fingerprint density at radius 1 is 0.964 bits per heavy atom. The first-order chi connectivity index (χ1) is 13.5. The minimum absolute atomic E-state index is 0.124. The SMILES string of the molecule is O=C(Cn1c(=O)n(-c2ccc(Cl)c(Cl)c2)c(=O)c2ccccc21)N1CCCC1. The number of rotatable bonds is 3. The summed E-state index contributed by atoms with van der Waals surface area (Å²) in [4.78, 5) is 40.7. The molecule has 0 radical (unpaired) electrons. The standard InChI is InChI=1S/C20H17Cl2N3O3/c21-15-8-7-13(11-16(15)22)25-19(27)14-5-1-2-6-17(14)24(20(25)28)12-18(26)23-9-3-4-10-23/h1-2,5-8,11H,3-4,9-10,12H2. The molecule has 3 aromatic rings. The van der Waals surface area contributed by atoms with Crippen molar-refractivity contribution in [2.24, 2.45) is 0 Å². The number of halogens is 2. The maximum atomic E-state index is 13.2. The number of likely N-dealkylation sites (tertiary alicyclic amines) is 1. The number of hydrogen-bond acceptors (Lipinski definition) is 3. The normalized spacial score (nSPS) is 14.0. The molecule has 0 bridgehead atoms. The molecule has 4 rings (SSSR count). The second kappa shape index (κ2) is 7.45. The fourth-order valence-electron chi connectivity index (χ4n) is 3.53. The maximum absolute atomic E-state index is 13.2. The van der Waals surface area contributed by atoms with Gasteiger partial charge in [-0.3, -0.25) is 14.2 Å². The summed E-state index contributed by atoms with van der Waals surface area (Å²) >= 11 is 12.0. The van der Waals surface area contributed by atoms with Crippen LogP contribution in [-0.2, 0) is 11.3 Å². The lowest BCUT2D eigenvalue weighted by molar-refractivity contribution is -0.130. The molecular weight excluding hydrogens is 401 g/mol. The van der Waals surface area contributed by atoms with Gasteiger partial charge in [-0.1, -0.05) is 35.3 Å². The van der Waals surface area contributed by atoms with Crippen LogP contribution in [0, 0.1) is 0 Å². The zero-order chi connectivity index (χ0) is 19.8. The number of para-hydroxylation sites is 1. The second-order valence-corrected chi connectivity index (χ2v) is 7.53. The Hall–Kier alpha value is -2.57. The number of fused-ring (bicyclic) bond motifs is 1. The van der Waals surface area contributed by atoms with Crippen molar-refractivity contribution in [1.29, 1.82) is 0 Å². The van der Waals surface area contributed by atoms with Crippen LogP contribution in [-0.4, -0.2) is 33.0 Å². The van der Waals surface area contributed by atoms with Gasteiger partial charge >= 0.3 is 5.69 Å². The van der Waals surface area contributed by atoms with Crippen molar-refractivity contribution >= 4 is 40.0 Å². The molecule has 144 valence electrons. The highest BCUT2D eigenvalue weighted by molar-refractivity contribution is 6.42. The number of aromatic nitrogens is 2. The molecule has 1 aliphatic rings. The monoisotopic (exact) mass is 417 g/mol. The average molecular weight is 418 g/mol. The highest BCUT2D eigenvalue weighted by atomic mass is 35.5. The van der Waals surface area contributed by atoms with Crippen molar-refractivity contribution in [3.8, 4) is 5.69 Å². The molecule has 0 atom stereocenters. The predicted octanol–water partition coefficient (Wildman–Crippen LogP) is 3.08. The van der Waals surface area contributed by atoms with Crippen molar-refractivity contribution in [3.63, 3.8) is 0 Å². The van der Waals surface area contributed by atoms with E-state index in [1.165, 1.54) is 16.7 Å². The van der Waals surface area contributed by atoms with Gasteiger partial charge in [-0.25, -0.2) is 9.36 Å². The smallest absolute Gasteiger partial charge is 0.336 e. The summed E-state index contributed by atoms with van der Waals surface area (Å²) in [6.07, 6.45) is 1.92. The molecule has 2 aromatic carbocycles. The summed E-state index contributed by atoms with van der Waals surface area (Å²) in [5.74, 6) is -0.135. The zero-order valence-electron chi connectivity index (χ0n) is 14.9. The van der Waals surface area contributed by atoms with Gasteiger partial charge in [-0.2, -0.15) is 0 Å². The predicted molar refractivity (Wildman–Crippen MR) is 110 cm³/mol. The highest BCUT2D eigenvalue weighted by Crippen LogP contribution is 2.23. The van der Waals surface area contributed by atoms with Crippen LogP contribution in [0.4, 0.5) is 0 Å². The van der Waals surface area contributed by atoms with Gasteiger partial charge in [0.2, 0.25) is 5.91 Å². The lowest BCUT2D eigenvalue weighted by atomic mass is 10.2. The summed E-state index contributed by atoms with van der Waals surface area (Å²) in [6.45, 7) is 1.26. The molecule has 0 aliphatic carbocycles. The van der Waals surface area contributed by atoms with Gasteiger partial charge in [-0.15, -0.1) is 0 Å². The number of carbonyl (C=O) groups excluding carboxylic acids is 1. The van der Waals surface area contributed by atoms with E-state index in [-0.39, 0.29) is 17.5 Å². The van der Waals surface area contributed by atoms with E-state index in [0.29, 0.717) is 34.7 Å². The number of carbonyl (C=O) groups is 1. The molecule has 1 aliphatic heterocycles. The molecule has 1 fully saturated rings. The highest BCUT2D eigenvalue weighted by Gasteiger charge is 2.21. The Balaban J connectivity index is 1.93. The van der Waals surface area contributed by atoms with E-state index in [1.807, 2.05) is 0 Å². The fraction of sp³-hybridized carbons (Fsp3) is 0.250. The van der Waals surface area contributed by atoms with Crippen LogP contribution in [0.5, 0.6) is 0 Å². The summed E-state index contributed by atoms with van der Waals surface area (Å²) in [6, 6.07) is 11.3. The summed E-state index contributed by atoms with van der Waals surface area (Å²) < 4.78 is 2.38. The largest absolute Gasteiger partial charge is 0.341 e. The second-order valence-electron chi connectivity index (χ2n) is 6.71. The van der Waals surface area contributed by atoms with E-state index >= 15 is 0 Å². The Bertz CT molecular complexity index is 1190. The van der Waals surface area contributed by atoms with Crippen LogP contribution in [0.25, 0.3) is 16.6 Å². The van der Waals surface area contributed by atoms with Crippen LogP contribution in [0.15, 0.2) is 52.1 Å². The van der Waals surface area contributed by atoms with Crippen molar-refractivity contribution in [1.82, 2.24) is 14.0 Å². The molecule has 0 unspecified atom stereocenters. The quantitative estimate of drug-likeness (QED) is 0.657. The van der Waals surface area contributed by atoms with E-state index in [4.69, 9.17) is 23.2 Å². The van der Waals surface area contributed by atoms with E-state index in [0.717, 1.165) is 17.4 Å². The van der Waals surface area contributed by atoms with Crippen molar-refractivity contribution in [3.05, 3.63) is 73.3 Å². The van der Waals surface area contributed by atoms with Gasteiger partial charge in [0.05, 0.1) is 26.6 Å². The lowest BCUT2D eigenvalue weighted by Crippen LogP contribution is -2.42. The summed E-state index contributed by atoms with van der Waals surface area (Å²) in [5.41, 5.74) is -0.322. The Kier molecular flexibility index (Phi) is 5.00. The van der Waals surface area contributed by atoms with E-state index in [9.17, 15) is 14.4 Å². The van der Waals surface area contributed by atoms with E-state index in [1.54, 1.807) is 35.2 Å². The molecular formula is C20H17Cl2N3O3. The zero-order valence-corrected chi connectivity index (χ0v) is 16.4. The third-order valence-electron chi connectivity index (χ3n) is 4.96. The van der Waals surface area contributed by atoms with Crippen LogP contribution < -0.4 is 11.2 Å². The van der Waals surface area contributed by atoms with Crippen LogP contribution in [0.1, 0.15) is 12.8 Å². The minimum Gasteiger partial charge on any atom is -0.341 e. The fourth-order valence-corrected chi connectivity index (χ4v) is 3.82. The Labute approximate surface area is 170 Å². The first-order valence-electron chi connectivity index (χ1n) is 8.95.